The van der Waals surface area contributed by atoms with Crippen LogP contribution >= 0.6 is 0 Å². The van der Waals surface area contributed by atoms with Crippen LogP contribution < -0.4 is 16.2 Å². The van der Waals surface area contributed by atoms with Gasteiger partial charge in [0.1, 0.15) is 12.2 Å². The summed E-state index contributed by atoms with van der Waals surface area (Å²) in [5.74, 6) is -0.146. The van der Waals surface area contributed by atoms with Crippen molar-refractivity contribution in [2.45, 2.75) is 44.7 Å². The number of nitrogens with one attached hydrogen (secondary N) is 3. The van der Waals surface area contributed by atoms with Gasteiger partial charge >= 0.3 is 0 Å². The maximum absolute atomic E-state index is 12.6. The zero-order valence-corrected chi connectivity index (χ0v) is 15.8. The van der Waals surface area contributed by atoms with Crippen LogP contribution in [0.5, 0.6) is 0 Å². The predicted octanol–water partition coefficient (Wildman–Crippen LogP) is 2.88. The highest BCUT2D eigenvalue weighted by atomic mass is 19.3. The highest BCUT2D eigenvalue weighted by Crippen LogP contribution is 2.40. The summed E-state index contributed by atoms with van der Waals surface area (Å²) in [6.07, 6.45) is 2.84. The molecule has 1 aliphatic heterocycles. The van der Waals surface area contributed by atoms with E-state index in [0.29, 0.717) is 5.69 Å². The van der Waals surface area contributed by atoms with Gasteiger partial charge < -0.3 is 5.32 Å². The minimum atomic E-state index is -2.59. The van der Waals surface area contributed by atoms with Crippen molar-refractivity contribution in [2.24, 2.45) is 11.8 Å². The molecule has 29 heavy (non-hydrogen) atoms. The molecule has 0 bridgehead atoms. The second kappa shape index (κ2) is 8.28. The third-order valence-electron chi connectivity index (χ3n) is 5.72. The molecule has 1 aliphatic carbocycles. The summed E-state index contributed by atoms with van der Waals surface area (Å²) in [6, 6.07) is 8.80. The van der Waals surface area contributed by atoms with Crippen molar-refractivity contribution in [3.05, 3.63) is 47.8 Å². The molecule has 0 radical (unpaired) electrons. The molecule has 1 aromatic heterocycles. The van der Waals surface area contributed by atoms with Gasteiger partial charge in [0.15, 0.2) is 0 Å². The van der Waals surface area contributed by atoms with Gasteiger partial charge in [0, 0.05) is 17.8 Å². The van der Waals surface area contributed by atoms with Gasteiger partial charge in [-0.15, -0.1) is 0 Å². The molecule has 2 heterocycles. The number of anilines is 1. The van der Waals surface area contributed by atoms with Gasteiger partial charge in [-0.05, 0) is 42.5 Å². The van der Waals surface area contributed by atoms with Gasteiger partial charge in [-0.3, -0.25) is 19.7 Å². The minimum absolute atomic E-state index is 0.0234. The van der Waals surface area contributed by atoms with Crippen molar-refractivity contribution in [2.75, 3.05) is 5.32 Å². The number of fused-ring (bicyclic) bond motifs is 1. The molecule has 0 spiro atoms. The lowest BCUT2D eigenvalue weighted by molar-refractivity contribution is -0.133. The average Bonchev–Trinajstić information content (AvgIpc) is 3.17. The Labute approximate surface area is 166 Å². The maximum Gasteiger partial charge on any atom is 0.273 e. The first kappa shape index (κ1) is 19.5. The number of hydrogen-bond acceptors (Lipinski definition) is 4. The van der Waals surface area contributed by atoms with Crippen LogP contribution in [0.1, 0.15) is 47.8 Å². The molecular weight excluding hydrogens is 380 g/mol. The van der Waals surface area contributed by atoms with E-state index < -0.39 is 18.9 Å². The lowest BCUT2D eigenvalue weighted by atomic mass is 9.72. The third-order valence-corrected chi connectivity index (χ3v) is 5.72. The molecule has 3 atom stereocenters. The molecule has 4 rings (SSSR count). The SMILES string of the molecule is O=C(Nc1ccc(C2NNC(=O)C3CCCCC32)cc1)c1ccnn1CC(F)F. The Morgan fingerprint density at radius 3 is 2.72 bits per heavy atom. The highest BCUT2D eigenvalue weighted by molar-refractivity contribution is 6.03. The van der Waals surface area contributed by atoms with Gasteiger partial charge in [-0.2, -0.15) is 5.10 Å². The summed E-state index contributed by atoms with van der Waals surface area (Å²) in [7, 11) is 0. The molecule has 2 fully saturated rings. The molecular formula is C20H23F2N5O2. The van der Waals surface area contributed by atoms with E-state index in [4.69, 9.17) is 0 Å². The zero-order valence-electron chi connectivity index (χ0n) is 15.8. The Morgan fingerprint density at radius 2 is 1.97 bits per heavy atom. The van der Waals surface area contributed by atoms with E-state index in [2.05, 4.69) is 21.3 Å². The molecule has 3 N–H and O–H groups in total. The third kappa shape index (κ3) is 4.14. The molecule has 2 aliphatic rings. The Bertz CT molecular complexity index is 883. The fraction of sp³-hybridized carbons (Fsp3) is 0.450. The van der Waals surface area contributed by atoms with Crippen LogP contribution in [0, 0.1) is 11.8 Å². The van der Waals surface area contributed by atoms with Crippen LogP contribution in [0.3, 0.4) is 0 Å². The normalized spacial score (nSPS) is 24.1. The van der Waals surface area contributed by atoms with Crippen LogP contribution in [0.4, 0.5) is 14.5 Å². The molecule has 3 unspecified atom stereocenters. The molecule has 154 valence electrons. The van der Waals surface area contributed by atoms with E-state index >= 15 is 0 Å². The summed E-state index contributed by atoms with van der Waals surface area (Å²) in [5.41, 5.74) is 7.58. The summed E-state index contributed by atoms with van der Waals surface area (Å²) >= 11 is 0. The number of aromatic nitrogens is 2. The Morgan fingerprint density at radius 1 is 1.21 bits per heavy atom. The number of benzene rings is 1. The van der Waals surface area contributed by atoms with Crippen molar-refractivity contribution < 1.29 is 18.4 Å². The van der Waals surface area contributed by atoms with Crippen LogP contribution in [0.2, 0.25) is 0 Å². The van der Waals surface area contributed by atoms with E-state index in [0.717, 1.165) is 35.9 Å². The lowest BCUT2D eigenvalue weighted by Crippen LogP contribution is -2.55. The number of rotatable bonds is 5. The molecule has 2 aromatic rings. The second-order valence-electron chi connectivity index (χ2n) is 7.53. The van der Waals surface area contributed by atoms with Crippen molar-refractivity contribution in [1.29, 1.82) is 0 Å². The average molecular weight is 403 g/mol. The minimum Gasteiger partial charge on any atom is -0.321 e. The predicted molar refractivity (Wildman–Crippen MR) is 102 cm³/mol. The first-order chi connectivity index (χ1) is 14.0. The Hall–Kier alpha value is -2.81. The number of amides is 2. The second-order valence-corrected chi connectivity index (χ2v) is 7.53. The van der Waals surface area contributed by atoms with Crippen LogP contribution in [0.25, 0.3) is 0 Å². The fourth-order valence-corrected chi connectivity index (χ4v) is 4.33. The van der Waals surface area contributed by atoms with E-state index in [1.165, 1.54) is 12.3 Å². The fourth-order valence-electron chi connectivity index (χ4n) is 4.33. The Balaban J connectivity index is 1.45. The van der Waals surface area contributed by atoms with Crippen LogP contribution in [-0.4, -0.2) is 28.0 Å². The van der Waals surface area contributed by atoms with Gasteiger partial charge in [0.05, 0.1) is 6.04 Å². The van der Waals surface area contributed by atoms with E-state index in [1.54, 1.807) is 12.1 Å². The number of nitrogens with zero attached hydrogens (tertiary/aromatic N) is 2. The van der Waals surface area contributed by atoms with Crippen molar-refractivity contribution >= 4 is 17.5 Å². The van der Waals surface area contributed by atoms with E-state index in [1.807, 2.05) is 12.1 Å². The number of hydrazine groups is 1. The first-order valence-corrected chi connectivity index (χ1v) is 9.79. The largest absolute Gasteiger partial charge is 0.321 e. The number of carbonyl (C=O) groups excluding carboxylic acids is 2. The molecule has 7 nitrogen and oxygen atoms in total. The number of carbonyl (C=O) groups is 2. The molecule has 1 saturated heterocycles. The summed E-state index contributed by atoms with van der Waals surface area (Å²) in [6.45, 7) is -0.629. The molecule has 2 amide bonds. The molecule has 1 aromatic carbocycles. The summed E-state index contributed by atoms with van der Waals surface area (Å²) in [5, 5.41) is 6.49. The summed E-state index contributed by atoms with van der Waals surface area (Å²) in [4.78, 5) is 24.5. The number of hydrogen-bond donors (Lipinski definition) is 3. The quantitative estimate of drug-likeness (QED) is 0.716. The standard InChI is InChI=1S/C20H23F2N5O2/c21-17(22)11-27-16(9-10-23-27)20(29)24-13-7-5-12(6-8-13)18-14-3-1-2-4-15(14)19(28)26-25-18/h5-10,14-15,17-18,25H,1-4,11H2,(H,24,29)(H,26,28). The maximum atomic E-state index is 12.6. The zero-order chi connectivity index (χ0) is 20.4. The van der Waals surface area contributed by atoms with Gasteiger partial charge in [-0.25, -0.2) is 14.2 Å². The first-order valence-electron chi connectivity index (χ1n) is 9.79. The Kier molecular flexibility index (Phi) is 5.57. The van der Waals surface area contributed by atoms with Crippen LogP contribution in [-0.2, 0) is 11.3 Å². The van der Waals surface area contributed by atoms with Gasteiger partial charge in [0.2, 0.25) is 5.91 Å². The molecule has 1 saturated carbocycles. The summed E-state index contributed by atoms with van der Waals surface area (Å²) < 4.78 is 26.2. The monoisotopic (exact) mass is 403 g/mol. The van der Waals surface area contributed by atoms with Crippen molar-refractivity contribution in [3.63, 3.8) is 0 Å². The van der Waals surface area contributed by atoms with Gasteiger partial charge in [0.25, 0.3) is 12.3 Å². The molecule has 9 heteroatoms. The number of alkyl halides is 2. The van der Waals surface area contributed by atoms with Gasteiger partial charge in [-0.1, -0.05) is 25.0 Å². The smallest absolute Gasteiger partial charge is 0.273 e. The van der Waals surface area contributed by atoms with E-state index in [9.17, 15) is 18.4 Å². The van der Waals surface area contributed by atoms with Crippen molar-refractivity contribution in [3.8, 4) is 0 Å². The van der Waals surface area contributed by atoms with E-state index in [-0.39, 0.29) is 29.5 Å². The number of halogens is 2. The van der Waals surface area contributed by atoms with Crippen LogP contribution in [0.15, 0.2) is 36.5 Å². The lowest BCUT2D eigenvalue weighted by Gasteiger charge is -2.41. The highest BCUT2D eigenvalue weighted by Gasteiger charge is 2.40. The van der Waals surface area contributed by atoms with Crippen molar-refractivity contribution in [1.82, 2.24) is 20.6 Å². The topological polar surface area (TPSA) is 88.1 Å².